The minimum Gasteiger partial charge on any atom is -0.493 e. The quantitative estimate of drug-likeness (QED) is 0.602. The molecule has 1 aliphatic rings. The molecule has 1 aliphatic heterocycles. The molecule has 2 aromatic rings. The summed E-state index contributed by atoms with van der Waals surface area (Å²) >= 11 is 0. The van der Waals surface area contributed by atoms with Crippen LogP contribution in [0.1, 0.15) is 49.4 Å². The van der Waals surface area contributed by atoms with E-state index < -0.39 is 0 Å². The highest BCUT2D eigenvalue weighted by atomic mass is 19.1. The lowest BCUT2D eigenvalue weighted by atomic mass is 9.86. The van der Waals surface area contributed by atoms with E-state index in [1.165, 1.54) is 6.07 Å². The van der Waals surface area contributed by atoms with Gasteiger partial charge in [-0.25, -0.2) is 9.18 Å². The van der Waals surface area contributed by atoms with Gasteiger partial charge in [0.2, 0.25) is 0 Å². The number of carbonyl (C=O) groups excluding carboxylic acids is 1. The van der Waals surface area contributed by atoms with Crippen LogP contribution in [0.3, 0.4) is 0 Å². The molecule has 6 nitrogen and oxygen atoms in total. The second kappa shape index (κ2) is 11.2. The largest absolute Gasteiger partial charge is 0.493 e. The first kappa shape index (κ1) is 23.9. The fraction of sp³-hybridized carbons (Fsp3) is 0.480. The molecule has 0 aliphatic carbocycles. The molecule has 2 aromatic carbocycles. The number of fused-ring (bicyclic) bond motifs is 1. The van der Waals surface area contributed by atoms with Gasteiger partial charge in [0.1, 0.15) is 5.82 Å². The third kappa shape index (κ3) is 5.33. The van der Waals surface area contributed by atoms with E-state index in [2.05, 4.69) is 22.5 Å². The summed E-state index contributed by atoms with van der Waals surface area (Å²) in [5.41, 5.74) is 2.88. The normalized spacial score (nSPS) is 16.7. The lowest BCUT2D eigenvalue weighted by molar-refractivity contribution is 0.134. The van der Waals surface area contributed by atoms with Gasteiger partial charge in [-0.15, -0.1) is 0 Å². The predicted molar refractivity (Wildman–Crippen MR) is 124 cm³/mol. The summed E-state index contributed by atoms with van der Waals surface area (Å²) in [5, 5.41) is 6.05. The third-order valence-electron chi connectivity index (χ3n) is 6.03. The first-order valence-corrected chi connectivity index (χ1v) is 11.3. The van der Waals surface area contributed by atoms with Crippen LogP contribution in [0.2, 0.25) is 0 Å². The van der Waals surface area contributed by atoms with E-state index in [0.29, 0.717) is 30.2 Å². The van der Waals surface area contributed by atoms with Crippen molar-refractivity contribution in [1.29, 1.82) is 0 Å². The number of halogens is 1. The fourth-order valence-electron chi connectivity index (χ4n) is 4.38. The van der Waals surface area contributed by atoms with Gasteiger partial charge in [0.05, 0.1) is 26.3 Å². The monoisotopic (exact) mass is 443 g/mol. The number of methoxy groups -OCH3 is 2. The number of nitrogens with zero attached hydrogens (tertiary/aromatic N) is 1. The summed E-state index contributed by atoms with van der Waals surface area (Å²) in [4.78, 5) is 14.8. The van der Waals surface area contributed by atoms with E-state index in [9.17, 15) is 9.18 Å². The lowest BCUT2D eigenvalue weighted by Crippen LogP contribution is -2.51. The lowest BCUT2D eigenvalue weighted by Gasteiger charge is -2.42. The van der Waals surface area contributed by atoms with Crippen LogP contribution in [0.25, 0.3) is 0 Å². The number of benzene rings is 2. The number of hydrogen-bond acceptors (Lipinski definition) is 4. The Hall–Kier alpha value is -2.80. The Morgan fingerprint density at radius 1 is 1.19 bits per heavy atom. The molecule has 0 saturated heterocycles. The summed E-state index contributed by atoms with van der Waals surface area (Å²) in [6.07, 6.45) is 2.40. The van der Waals surface area contributed by atoms with Crippen molar-refractivity contribution in [2.45, 2.75) is 51.7 Å². The number of nitrogens with one attached hydrogen (secondary N) is 2. The van der Waals surface area contributed by atoms with Crippen molar-refractivity contribution in [3.05, 3.63) is 58.9 Å². The van der Waals surface area contributed by atoms with Crippen molar-refractivity contribution in [1.82, 2.24) is 15.5 Å². The number of ether oxygens (including phenoxy) is 2. The second-order valence-electron chi connectivity index (χ2n) is 8.08. The van der Waals surface area contributed by atoms with Crippen LogP contribution in [0.5, 0.6) is 11.5 Å². The highest BCUT2D eigenvalue weighted by Crippen LogP contribution is 2.40. The fourth-order valence-corrected chi connectivity index (χ4v) is 4.38. The van der Waals surface area contributed by atoms with Crippen molar-refractivity contribution in [3.63, 3.8) is 0 Å². The number of urea groups is 1. The summed E-state index contributed by atoms with van der Waals surface area (Å²) in [6.45, 7) is 5.90. The summed E-state index contributed by atoms with van der Waals surface area (Å²) in [5.74, 6) is 1.12. The highest BCUT2D eigenvalue weighted by molar-refractivity contribution is 5.74. The SMILES string of the molecule is CCCNC(=O)N[C@H](CC)[C@@H]1c2cc(OC)c(OC)cc2CCN1Cc1ccccc1F. The molecule has 7 heteroatoms. The predicted octanol–water partition coefficient (Wildman–Crippen LogP) is 4.43. The maximum Gasteiger partial charge on any atom is 0.315 e. The third-order valence-corrected chi connectivity index (χ3v) is 6.03. The van der Waals surface area contributed by atoms with Crippen molar-refractivity contribution >= 4 is 6.03 Å². The molecule has 2 N–H and O–H groups in total. The first-order chi connectivity index (χ1) is 15.5. The van der Waals surface area contributed by atoms with Crippen LogP contribution in [0.4, 0.5) is 9.18 Å². The Balaban J connectivity index is 2.00. The molecular weight excluding hydrogens is 409 g/mol. The van der Waals surface area contributed by atoms with E-state index in [0.717, 1.165) is 36.9 Å². The van der Waals surface area contributed by atoms with E-state index >= 15 is 0 Å². The van der Waals surface area contributed by atoms with Crippen molar-refractivity contribution < 1.29 is 18.7 Å². The van der Waals surface area contributed by atoms with Crippen molar-refractivity contribution in [2.24, 2.45) is 0 Å². The number of carbonyl (C=O) groups is 1. The second-order valence-corrected chi connectivity index (χ2v) is 8.08. The summed E-state index contributed by atoms with van der Waals surface area (Å²) in [7, 11) is 3.25. The number of amides is 2. The Kier molecular flexibility index (Phi) is 8.33. The molecule has 0 unspecified atom stereocenters. The molecule has 2 amide bonds. The molecule has 0 spiro atoms. The van der Waals surface area contributed by atoms with Gasteiger partial charge in [0.15, 0.2) is 11.5 Å². The molecule has 0 saturated carbocycles. The Bertz CT molecular complexity index is 921. The highest BCUT2D eigenvalue weighted by Gasteiger charge is 2.35. The van der Waals surface area contributed by atoms with E-state index in [1.54, 1.807) is 20.3 Å². The Morgan fingerprint density at radius 3 is 2.56 bits per heavy atom. The molecule has 2 atom stereocenters. The van der Waals surface area contributed by atoms with Crippen LogP contribution in [0.15, 0.2) is 36.4 Å². The zero-order chi connectivity index (χ0) is 23.1. The molecule has 0 radical (unpaired) electrons. The van der Waals surface area contributed by atoms with Gasteiger partial charge in [-0.05, 0) is 48.6 Å². The van der Waals surface area contributed by atoms with Crippen LogP contribution in [0, 0.1) is 5.82 Å². The average Bonchev–Trinajstić information content (AvgIpc) is 2.81. The number of rotatable bonds is 9. The number of hydrogen-bond donors (Lipinski definition) is 2. The Morgan fingerprint density at radius 2 is 1.91 bits per heavy atom. The zero-order valence-electron chi connectivity index (χ0n) is 19.4. The molecule has 0 fully saturated rings. The van der Waals surface area contributed by atoms with Gasteiger partial charge in [-0.3, -0.25) is 4.90 Å². The van der Waals surface area contributed by atoms with Gasteiger partial charge in [-0.2, -0.15) is 0 Å². The van der Waals surface area contributed by atoms with Crippen molar-refractivity contribution in [3.8, 4) is 11.5 Å². The maximum atomic E-state index is 14.5. The zero-order valence-corrected chi connectivity index (χ0v) is 19.4. The molecule has 0 aromatic heterocycles. The van der Waals surface area contributed by atoms with Gasteiger partial charge < -0.3 is 20.1 Å². The van der Waals surface area contributed by atoms with Gasteiger partial charge in [0.25, 0.3) is 0 Å². The van der Waals surface area contributed by atoms with Gasteiger partial charge in [0, 0.05) is 25.2 Å². The van der Waals surface area contributed by atoms with E-state index in [-0.39, 0.29) is 23.9 Å². The van der Waals surface area contributed by atoms with Crippen LogP contribution in [-0.2, 0) is 13.0 Å². The Labute approximate surface area is 190 Å². The maximum absolute atomic E-state index is 14.5. The minimum absolute atomic E-state index is 0.129. The van der Waals surface area contributed by atoms with E-state index in [4.69, 9.17) is 9.47 Å². The first-order valence-electron chi connectivity index (χ1n) is 11.3. The summed E-state index contributed by atoms with van der Waals surface area (Å²) < 4.78 is 25.5. The molecule has 174 valence electrons. The average molecular weight is 444 g/mol. The van der Waals surface area contributed by atoms with Crippen LogP contribution in [-0.4, -0.2) is 44.3 Å². The van der Waals surface area contributed by atoms with Gasteiger partial charge >= 0.3 is 6.03 Å². The molecule has 0 bridgehead atoms. The molecule has 3 rings (SSSR count). The molecule has 32 heavy (non-hydrogen) atoms. The minimum atomic E-state index is -0.217. The van der Waals surface area contributed by atoms with Crippen LogP contribution < -0.4 is 20.1 Å². The smallest absolute Gasteiger partial charge is 0.315 e. The molecule has 1 heterocycles. The van der Waals surface area contributed by atoms with Crippen molar-refractivity contribution in [2.75, 3.05) is 27.3 Å². The molecular formula is C25H34FN3O3. The van der Waals surface area contributed by atoms with Gasteiger partial charge in [-0.1, -0.05) is 32.0 Å². The summed E-state index contributed by atoms with van der Waals surface area (Å²) in [6, 6.07) is 10.4. The van der Waals surface area contributed by atoms with E-state index in [1.807, 2.05) is 31.2 Å². The topological polar surface area (TPSA) is 62.8 Å². The standard InChI is InChI=1S/C25H34FN3O3/c1-5-12-27-25(30)28-21(6-2)24-19-15-23(32-4)22(31-3)14-17(19)11-13-29(24)16-18-9-7-8-10-20(18)26/h7-10,14-15,21,24H,5-6,11-13,16H2,1-4H3,(H2,27,28,30)/t21-,24+/m1/s1. The van der Waals surface area contributed by atoms with Crippen LogP contribution >= 0.6 is 0 Å².